The quantitative estimate of drug-likeness (QED) is 0.707. The molecule has 6 heteroatoms. The zero-order valence-corrected chi connectivity index (χ0v) is 10.1. The van der Waals surface area contributed by atoms with Gasteiger partial charge in [0.25, 0.3) is 0 Å². The Kier molecular flexibility index (Phi) is 3.44. The highest BCUT2D eigenvalue weighted by Gasteiger charge is 2.39. The Hall–Kier alpha value is -1.40. The van der Waals surface area contributed by atoms with E-state index in [-0.39, 0.29) is 6.10 Å². The van der Waals surface area contributed by atoms with E-state index in [1.807, 2.05) is 6.92 Å². The molecule has 6 nitrogen and oxygen atoms in total. The van der Waals surface area contributed by atoms with Gasteiger partial charge in [-0.3, -0.25) is 0 Å². The molecule has 2 rings (SSSR count). The van der Waals surface area contributed by atoms with Gasteiger partial charge in [0.15, 0.2) is 0 Å². The Morgan fingerprint density at radius 3 is 3.12 bits per heavy atom. The van der Waals surface area contributed by atoms with Crippen LogP contribution in [0.3, 0.4) is 0 Å². The van der Waals surface area contributed by atoms with Gasteiger partial charge in [-0.1, -0.05) is 0 Å². The van der Waals surface area contributed by atoms with Crippen LogP contribution >= 0.6 is 0 Å². The lowest BCUT2D eigenvalue weighted by atomic mass is 9.97. The smallest absolute Gasteiger partial charge is 0.224 e. The maximum atomic E-state index is 10.3. The Balaban J connectivity index is 1.97. The van der Waals surface area contributed by atoms with Crippen LogP contribution in [0.25, 0.3) is 0 Å². The minimum absolute atomic E-state index is 0.152. The first-order valence-corrected chi connectivity index (χ1v) is 5.73. The summed E-state index contributed by atoms with van der Waals surface area (Å²) in [5, 5.41) is 16.3. The summed E-state index contributed by atoms with van der Waals surface area (Å²) in [6.45, 7) is 2.91. The molecule has 1 aromatic rings. The van der Waals surface area contributed by atoms with E-state index in [0.717, 1.165) is 0 Å². The number of hydrogen-bond acceptors (Lipinski definition) is 6. The van der Waals surface area contributed by atoms with E-state index < -0.39 is 5.60 Å². The lowest BCUT2D eigenvalue weighted by Gasteiger charge is -2.26. The lowest BCUT2D eigenvalue weighted by molar-refractivity contribution is -0.0176. The van der Waals surface area contributed by atoms with Gasteiger partial charge in [0, 0.05) is 32.8 Å². The van der Waals surface area contributed by atoms with Crippen molar-refractivity contribution in [1.29, 1.82) is 0 Å². The van der Waals surface area contributed by atoms with E-state index in [1.54, 1.807) is 19.3 Å². The molecule has 2 heterocycles. The normalized spacial score (nSPS) is 28.1. The van der Waals surface area contributed by atoms with E-state index in [4.69, 9.17) is 4.74 Å². The molecule has 0 bridgehead atoms. The highest BCUT2D eigenvalue weighted by molar-refractivity contribution is 5.39. The van der Waals surface area contributed by atoms with Crippen molar-refractivity contribution in [3.05, 3.63) is 12.3 Å². The second-order valence-electron chi connectivity index (χ2n) is 4.24. The molecule has 94 valence electrons. The van der Waals surface area contributed by atoms with Gasteiger partial charge in [0.2, 0.25) is 5.95 Å². The third kappa shape index (κ3) is 2.65. The summed E-state index contributed by atoms with van der Waals surface area (Å²) in [4.78, 5) is 8.24. The Bertz CT molecular complexity index is 387. The molecule has 0 aliphatic carbocycles. The molecule has 1 saturated heterocycles. The fraction of sp³-hybridized carbons (Fsp3) is 0.636. The summed E-state index contributed by atoms with van der Waals surface area (Å²) in [5.41, 5.74) is -0.815. The van der Waals surface area contributed by atoms with Crippen LogP contribution in [-0.2, 0) is 4.74 Å². The number of hydrogen-bond donors (Lipinski definition) is 3. The Morgan fingerprint density at radius 1 is 1.65 bits per heavy atom. The summed E-state index contributed by atoms with van der Waals surface area (Å²) >= 11 is 0. The summed E-state index contributed by atoms with van der Waals surface area (Å²) in [7, 11) is 1.76. The highest BCUT2D eigenvalue weighted by atomic mass is 16.5. The average molecular weight is 238 g/mol. The van der Waals surface area contributed by atoms with Gasteiger partial charge in [-0.2, -0.15) is 4.98 Å². The number of aromatic nitrogens is 2. The molecule has 2 unspecified atom stereocenters. The topological polar surface area (TPSA) is 79.3 Å². The van der Waals surface area contributed by atoms with Gasteiger partial charge in [0.1, 0.15) is 11.4 Å². The first-order valence-electron chi connectivity index (χ1n) is 5.73. The molecule has 0 spiro atoms. The number of rotatable bonds is 4. The van der Waals surface area contributed by atoms with Crippen LogP contribution in [0.2, 0.25) is 0 Å². The molecule has 0 radical (unpaired) electrons. The third-order valence-electron chi connectivity index (χ3n) is 3.11. The first-order chi connectivity index (χ1) is 8.14. The van der Waals surface area contributed by atoms with Crippen molar-refractivity contribution in [2.75, 3.05) is 30.8 Å². The number of aliphatic hydroxyl groups is 1. The largest absolute Gasteiger partial charge is 0.385 e. The van der Waals surface area contributed by atoms with Crippen molar-refractivity contribution in [3.8, 4) is 0 Å². The van der Waals surface area contributed by atoms with Gasteiger partial charge in [-0.15, -0.1) is 0 Å². The molecule has 0 aromatic carbocycles. The maximum Gasteiger partial charge on any atom is 0.224 e. The van der Waals surface area contributed by atoms with Crippen molar-refractivity contribution in [1.82, 2.24) is 9.97 Å². The summed E-state index contributed by atoms with van der Waals surface area (Å²) < 4.78 is 5.37. The maximum absolute atomic E-state index is 10.3. The zero-order valence-electron chi connectivity index (χ0n) is 10.1. The third-order valence-corrected chi connectivity index (χ3v) is 3.11. The van der Waals surface area contributed by atoms with Crippen LogP contribution < -0.4 is 10.6 Å². The molecule has 0 amide bonds. The molecule has 0 saturated carbocycles. The molecule has 1 aromatic heterocycles. The fourth-order valence-corrected chi connectivity index (χ4v) is 1.82. The van der Waals surface area contributed by atoms with Crippen molar-refractivity contribution in [2.45, 2.75) is 25.0 Å². The first kappa shape index (κ1) is 12.1. The minimum atomic E-state index is -0.815. The molecule has 1 aliphatic rings. The second kappa shape index (κ2) is 4.85. The van der Waals surface area contributed by atoms with Crippen LogP contribution in [-0.4, -0.2) is 47.0 Å². The summed E-state index contributed by atoms with van der Waals surface area (Å²) in [6, 6.07) is 1.77. The molecular formula is C11H18N4O2. The van der Waals surface area contributed by atoms with Gasteiger partial charge in [0.05, 0.1) is 6.10 Å². The fourth-order valence-electron chi connectivity index (χ4n) is 1.82. The second-order valence-corrected chi connectivity index (χ2v) is 4.24. The summed E-state index contributed by atoms with van der Waals surface area (Å²) in [6.07, 6.45) is 2.16. The van der Waals surface area contributed by atoms with Gasteiger partial charge < -0.3 is 20.5 Å². The van der Waals surface area contributed by atoms with Crippen LogP contribution in [0.4, 0.5) is 11.8 Å². The number of nitrogens with zero attached hydrogens (tertiary/aromatic N) is 2. The zero-order chi connectivity index (χ0) is 12.3. The average Bonchev–Trinajstić information content (AvgIpc) is 2.68. The number of ether oxygens (including phenoxy) is 1. The lowest BCUT2D eigenvalue weighted by Crippen LogP contribution is -2.43. The predicted octanol–water partition coefficient (Wildman–Crippen LogP) is 0.470. The van der Waals surface area contributed by atoms with Gasteiger partial charge in [-0.05, 0) is 13.0 Å². The highest BCUT2D eigenvalue weighted by Crippen LogP contribution is 2.25. The van der Waals surface area contributed by atoms with Crippen molar-refractivity contribution < 1.29 is 9.84 Å². The molecule has 2 atom stereocenters. The van der Waals surface area contributed by atoms with Crippen molar-refractivity contribution in [2.24, 2.45) is 0 Å². The molecule has 1 fully saturated rings. The van der Waals surface area contributed by atoms with Gasteiger partial charge in [-0.25, -0.2) is 4.98 Å². The Labute approximate surface area is 100 Å². The summed E-state index contributed by atoms with van der Waals surface area (Å²) in [5.74, 6) is 1.24. The van der Waals surface area contributed by atoms with Crippen LogP contribution in [0.1, 0.15) is 13.3 Å². The van der Waals surface area contributed by atoms with E-state index in [0.29, 0.717) is 31.3 Å². The van der Waals surface area contributed by atoms with Gasteiger partial charge >= 0.3 is 0 Å². The minimum Gasteiger partial charge on any atom is -0.385 e. The molecule has 3 N–H and O–H groups in total. The molecule has 17 heavy (non-hydrogen) atoms. The van der Waals surface area contributed by atoms with Crippen molar-refractivity contribution >= 4 is 11.8 Å². The van der Waals surface area contributed by atoms with Crippen LogP contribution in [0.5, 0.6) is 0 Å². The molecular weight excluding hydrogens is 220 g/mol. The number of nitrogens with one attached hydrogen (secondary N) is 2. The standard InChI is InChI=1S/C11H18N4O2/c1-8-11(16,4-6-17-8)7-14-9-3-5-13-10(12-2)15-9/h3,5,8,16H,4,6-7H2,1-2H3,(H2,12,13,14,15). The van der Waals surface area contributed by atoms with Crippen LogP contribution in [0.15, 0.2) is 12.3 Å². The predicted molar refractivity (Wildman–Crippen MR) is 65.0 cm³/mol. The number of anilines is 2. The van der Waals surface area contributed by atoms with E-state index in [9.17, 15) is 5.11 Å². The molecule has 1 aliphatic heterocycles. The van der Waals surface area contributed by atoms with E-state index >= 15 is 0 Å². The van der Waals surface area contributed by atoms with E-state index in [1.165, 1.54) is 0 Å². The van der Waals surface area contributed by atoms with Crippen LogP contribution in [0, 0.1) is 0 Å². The monoisotopic (exact) mass is 238 g/mol. The van der Waals surface area contributed by atoms with Crippen molar-refractivity contribution in [3.63, 3.8) is 0 Å². The van der Waals surface area contributed by atoms with E-state index in [2.05, 4.69) is 20.6 Å². The Morgan fingerprint density at radius 2 is 2.47 bits per heavy atom. The SMILES string of the molecule is CNc1nccc(NCC2(O)CCOC2C)n1.